The first-order valence-corrected chi connectivity index (χ1v) is 8.21. The summed E-state index contributed by atoms with van der Waals surface area (Å²) in [5.74, 6) is 0.00537. The van der Waals surface area contributed by atoms with Gasteiger partial charge in [0.15, 0.2) is 0 Å². The van der Waals surface area contributed by atoms with E-state index < -0.39 is 0 Å². The van der Waals surface area contributed by atoms with Crippen molar-refractivity contribution in [3.05, 3.63) is 48.4 Å². The molecule has 0 spiro atoms. The quantitative estimate of drug-likeness (QED) is 0.667. The third kappa shape index (κ3) is 4.02. The fraction of sp³-hybridized carbons (Fsp3) is 0.333. The lowest BCUT2D eigenvalue weighted by Crippen LogP contribution is -2.11. The highest BCUT2D eigenvalue weighted by Gasteiger charge is 2.07. The summed E-state index contributed by atoms with van der Waals surface area (Å²) in [4.78, 5) is 15.3. The number of amides is 1. The Morgan fingerprint density at radius 2 is 2.25 bits per heavy atom. The molecule has 3 aromatic rings. The smallest absolute Gasteiger partial charge is 0.224 e. The number of carbonyl (C=O) groups excluding carboxylic acids is 1. The van der Waals surface area contributed by atoms with Crippen LogP contribution in [-0.4, -0.2) is 27.3 Å². The van der Waals surface area contributed by atoms with Gasteiger partial charge in [0.25, 0.3) is 0 Å². The second-order valence-electron chi connectivity index (χ2n) is 5.65. The van der Waals surface area contributed by atoms with E-state index in [1.54, 1.807) is 17.1 Å². The summed E-state index contributed by atoms with van der Waals surface area (Å²) in [7, 11) is 0. The van der Waals surface area contributed by atoms with Crippen LogP contribution >= 0.6 is 0 Å². The number of hydrogen-bond donors (Lipinski definition) is 2. The summed E-state index contributed by atoms with van der Waals surface area (Å²) in [5.41, 5.74) is 3.09. The molecule has 0 fully saturated rings. The molecule has 0 radical (unpaired) electrons. The van der Waals surface area contributed by atoms with Crippen LogP contribution in [0.15, 0.2) is 42.9 Å². The number of ether oxygens (including phenoxy) is 1. The Morgan fingerprint density at radius 3 is 3.12 bits per heavy atom. The molecule has 0 bridgehead atoms. The predicted octanol–water partition coefficient (Wildman–Crippen LogP) is 3.32. The fourth-order valence-corrected chi connectivity index (χ4v) is 2.68. The summed E-state index contributed by atoms with van der Waals surface area (Å²) in [6, 6.07) is 8.22. The molecule has 0 unspecified atom stereocenters. The van der Waals surface area contributed by atoms with Crippen molar-refractivity contribution in [2.24, 2.45) is 0 Å². The van der Waals surface area contributed by atoms with Crippen molar-refractivity contribution >= 4 is 22.5 Å². The highest BCUT2D eigenvalue weighted by atomic mass is 16.5. The number of anilines is 1. The van der Waals surface area contributed by atoms with Crippen LogP contribution in [0, 0.1) is 0 Å². The third-order valence-corrected chi connectivity index (χ3v) is 3.87. The minimum Gasteiger partial charge on any atom is -0.361 e. The van der Waals surface area contributed by atoms with Crippen molar-refractivity contribution in [3.63, 3.8) is 0 Å². The van der Waals surface area contributed by atoms with Crippen LogP contribution in [0.3, 0.4) is 0 Å². The van der Waals surface area contributed by atoms with E-state index in [-0.39, 0.29) is 5.91 Å². The minimum atomic E-state index is 0.00537. The SMILES string of the molecule is CCOCn1cc(NC(=O)CCCc2c[nH]c3ccccc23)cn1. The van der Waals surface area contributed by atoms with Crippen LogP contribution in [0.5, 0.6) is 0 Å². The van der Waals surface area contributed by atoms with Crippen LogP contribution in [0.4, 0.5) is 5.69 Å². The Labute approximate surface area is 140 Å². The largest absolute Gasteiger partial charge is 0.361 e. The normalized spacial score (nSPS) is 11.0. The van der Waals surface area contributed by atoms with Gasteiger partial charge in [0.1, 0.15) is 6.73 Å². The van der Waals surface area contributed by atoms with Gasteiger partial charge in [0, 0.05) is 30.1 Å². The molecular formula is C18H22N4O2. The average Bonchev–Trinajstić information content (AvgIpc) is 3.20. The zero-order valence-electron chi connectivity index (χ0n) is 13.8. The second-order valence-corrected chi connectivity index (χ2v) is 5.65. The number of para-hydroxylation sites is 1. The van der Waals surface area contributed by atoms with Crippen LogP contribution in [0.1, 0.15) is 25.3 Å². The molecule has 0 aliphatic heterocycles. The Kier molecular flexibility index (Phi) is 5.28. The summed E-state index contributed by atoms with van der Waals surface area (Å²) in [6.45, 7) is 2.96. The molecule has 1 aromatic carbocycles. The van der Waals surface area contributed by atoms with Gasteiger partial charge in [-0.15, -0.1) is 0 Å². The molecule has 2 heterocycles. The zero-order chi connectivity index (χ0) is 16.8. The number of fused-ring (bicyclic) bond motifs is 1. The molecule has 2 N–H and O–H groups in total. The third-order valence-electron chi connectivity index (χ3n) is 3.87. The summed E-state index contributed by atoms with van der Waals surface area (Å²) < 4.78 is 6.92. The number of aromatic nitrogens is 3. The molecule has 6 nitrogen and oxygen atoms in total. The predicted molar refractivity (Wildman–Crippen MR) is 93.7 cm³/mol. The number of nitrogens with one attached hydrogen (secondary N) is 2. The number of rotatable bonds is 8. The molecular weight excluding hydrogens is 304 g/mol. The van der Waals surface area contributed by atoms with Crippen molar-refractivity contribution < 1.29 is 9.53 Å². The number of nitrogens with zero attached hydrogens (tertiary/aromatic N) is 2. The van der Waals surface area contributed by atoms with Crippen molar-refractivity contribution in [1.29, 1.82) is 0 Å². The molecule has 0 saturated heterocycles. The summed E-state index contributed by atoms with van der Waals surface area (Å²) >= 11 is 0. The van der Waals surface area contributed by atoms with E-state index in [1.807, 2.05) is 25.3 Å². The van der Waals surface area contributed by atoms with Crippen LogP contribution in [0.2, 0.25) is 0 Å². The molecule has 6 heteroatoms. The van der Waals surface area contributed by atoms with E-state index >= 15 is 0 Å². The number of aromatic amines is 1. The van der Waals surface area contributed by atoms with Crippen molar-refractivity contribution in [3.8, 4) is 0 Å². The maximum atomic E-state index is 12.0. The van der Waals surface area contributed by atoms with E-state index in [0.29, 0.717) is 25.4 Å². The number of H-pyrrole nitrogens is 1. The highest BCUT2D eigenvalue weighted by Crippen LogP contribution is 2.19. The van der Waals surface area contributed by atoms with Gasteiger partial charge in [-0.1, -0.05) is 18.2 Å². The van der Waals surface area contributed by atoms with Crippen molar-refractivity contribution in [1.82, 2.24) is 14.8 Å². The first kappa shape index (κ1) is 16.3. The van der Waals surface area contributed by atoms with Gasteiger partial charge in [-0.2, -0.15) is 5.10 Å². The van der Waals surface area contributed by atoms with Crippen LogP contribution in [-0.2, 0) is 22.7 Å². The highest BCUT2D eigenvalue weighted by molar-refractivity contribution is 5.90. The molecule has 0 saturated carbocycles. The number of aryl methyl sites for hydroxylation is 1. The first-order valence-electron chi connectivity index (χ1n) is 8.21. The topological polar surface area (TPSA) is 71.9 Å². The standard InChI is InChI=1S/C18H22N4O2/c1-2-24-13-22-12-15(11-20-22)21-18(23)9-5-6-14-10-19-17-8-4-3-7-16(14)17/h3-4,7-8,10-12,19H,2,5-6,9,13H2,1H3,(H,21,23). The molecule has 3 rings (SSSR count). The van der Waals surface area contributed by atoms with Crippen molar-refractivity contribution in [2.45, 2.75) is 32.9 Å². The van der Waals surface area contributed by atoms with Gasteiger partial charge >= 0.3 is 0 Å². The van der Waals surface area contributed by atoms with Gasteiger partial charge in [-0.25, -0.2) is 4.68 Å². The lowest BCUT2D eigenvalue weighted by atomic mass is 10.1. The maximum Gasteiger partial charge on any atom is 0.224 e. The molecule has 0 aliphatic rings. The van der Waals surface area contributed by atoms with Gasteiger partial charge in [0.05, 0.1) is 18.1 Å². The van der Waals surface area contributed by atoms with Gasteiger partial charge in [0.2, 0.25) is 5.91 Å². The molecule has 24 heavy (non-hydrogen) atoms. The first-order chi connectivity index (χ1) is 11.8. The van der Waals surface area contributed by atoms with E-state index in [0.717, 1.165) is 18.4 Å². The molecule has 126 valence electrons. The Bertz CT molecular complexity index is 806. The van der Waals surface area contributed by atoms with E-state index in [2.05, 4.69) is 27.5 Å². The zero-order valence-corrected chi connectivity index (χ0v) is 13.8. The van der Waals surface area contributed by atoms with Gasteiger partial charge in [-0.05, 0) is 31.4 Å². The van der Waals surface area contributed by atoms with Crippen LogP contribution in [0.25, 0.3) is 10.9 Å². The number of benzene rings is 1. The summed E-state index contributed by atoms with van der Waals surface area (Å²) in [5, 5.41) is 8.24. The molecule has 2 aromatic heterocycles. The Balaban J connectivity index is 1.46. The van der Waals surface area contributed by atoms with E-state index in [1.165, 1.54) is 10.9 Å². The number of hydrogen-bond acceptors (Lipinski definition) is 3. The molecule has 1 amide bonds. The lowest BCUT2D eigenvalue weighted by Gasteiger charge is -2.03. The van der Waals surface area contributed by atoms with Crippen LogP contribution < -0.4 is 5.32 Å². The monoisotopic (exact) mass is 326 g/mol. The molecule has 0 atom stereocenters. The Morgan fingerprint density at radius 1 is 1.38 bits per heavy atom. The second kappa shape index (κ2) is 7.79. The van der Waals surface area contributed by atoms with E-state index in [4.69, 9.17) is 4.74 Å². The van der Waals surface area contributed by atoms with Crippen molar-refractivity contribution in [2.75, 3.05) is 11.9 Å². The van der Waals surface area contributed by atoms with E-state index in [9.17, 15) is 4.79 Å². The van der Waals surface area contributed by atoms with Gasteiger partial charge in [-0.3, -0.25) is 4.79 Å². The minimum absolute atomic E-state index is 0.00537. The molecule has 0 aliphatic carbocycles. The average molecular weight is 326 g/mol. The Hall–Kier alpha value is -2.60. The summed E-state index contributed by atoms with van der Waals surface area (Å²) in [6.07, 6.45) is 7.60. The number of carbonyl (C=O) groups is 1. The fourth-order valence-electron chi connectivity index (χ4n) is 2.68. The van der Waals surface area contributed by atoms with Gasteiger partial charge < -0.3 is 15.0 Å². The maximum absolute atomic E-state index is 12.0. The lowest BCUT2D eigenvalue weighted by molar-refractivity contribution is -0.116.